The Hall–Kier alpha value is -2.16. The molecule has 0 bridgehead atoms. The molecule has 2 heterocycles. The fourth-order valence-corrected chi connectivity index (χ4v) is 1.50. The number of hydrogen-bond donors (Lipinski definition) is 0. The summed E-state index contributed by atoms with van der Waals surface area (Å²) in [5, 5.41) is 16.6. The average Bonchev–Trinajstić information content (AvgIpc) is 2.87. The fraction of sp³-hybridized carbons (Fsp3) is 0.455. The van der Waals surface area contributed by atoms with E-state index in [-0.39, 0.29) is 5.92 Å². The molecule has 0 aliphatic carbocycles. The van der Waals surface area contributed by atoms with Gasteiger partial charge in [0.25, 0.3) is 0 Å². The smallest absolute Gasteiger partial charge is 0.227 e. The quantitative estimate of drug-likeness (QED) is 0.797. The summed E-state index contributed by atoms with van der Waals surface area (Å²) in [6, 6.07) is 3.95. The van der Waals surface area contributed by atoms with Crippen molar-refractivity contribution in [1.29, 1.82) is 5.26 Å². The summed E-state index contributed by atoms with van der Waals surface area (Å²) in [6.07, 6.45) is 2.93. The van der Waals surface area contributed by atoms with Gasteiger partial charge < -0.3 is 4.52 Å². The summed E-state index contributed by atoms with van der Waals surface area (Å²) in [5.41, 5.74) is 0.690. The van der Waals surface area contributed by atoms with E-state index in [4.69, 9.17) is 9.78 Å². The van der Waals surface area contributed by atoms with Gasteiger partial charge in [0.1, 0.15) is 5.69 Å². The molecule has 2 aromatic rings. The predicted molar refractivity (Wildman–Crippen MR) is 59.6 cm³/mol. The molecule has 0 amide bonds. The van der Waals surface area contributed by atoms with Crippen molar-refractivity contribution >= 4 is 0 Å². The van der Waals surface area contributed by atoms with Gasteiger partial charge in [-0.2, -0.15) is 15.3 Å². The van der Waals surface area contributed by atoms with Gasteiger partial charge in [0.15, 0.2) is 0 Å². The topological polar surface area (TPSA) is 80.5 Å². The fourth-order valence-electron chi connectivity index (χ4n) is 1.50. The molecule has 6 nitrogen and oxygen atoms in total. The minimum atomic E-state index is 0.219. The average molecular weight is 231 g/mol. The highest BCUT2D eigenvalue weighted by molar-refractivity contribution is 5.46. The van der Waals surface area contributed by atoms with Gasteiger partial charge in [-0.1, -0.05) is 12.1 Å². The van der Waals surface area contributed by atoms with Gasteiger partial charge in [-0.3, -0.25) is 4.68 Å². The molecule has 1 unspecified atom stereocenters. The lowest BCUT2D eigenvalue weighted by atomic mass is 10.1. The Morgan fingerprint density at radius 2 is 2.41 bits per heavy atom. The van der Waals surface area contributed by atoms with E-state index in [1.54, 1.807) is 4.68 Å². The highest BCUT2D eigenvalue weighted by Gasteiger charge is 2.13. The minimum Gasteiger partial charge on any atom is -0.339 e. The standard InChI is InChI=1S/C11H13N5O/c1-8(3-5-12)7-10-13-11(15-17-10)9-4-6-16(2)14-9/h4,6,8H,3,7H2,1-2H3. The van der Waals surface area contributed by atoms with E-state index >= 15 is 0 Å². The van der Waals surface area contributed by atoms with Gasteiger partial charge in [0.2, 0.25) is 11.7 Å². The summed E-state index contributed by atoms with van der Waals surface area (Å²) in [5.74, 6) is 1.26. The zero-order valence-electron chi connectivity index (χ0n) is 9.79. The van der Waals surface area contributed by atoms with Crippen molar-refractivity contribution in [3.05, 3.63) is 18.2 Å². The highest BCUT2D eigenvalue weighted by Crippen LogP contribution is 2.15. The number of nitrogens with zero attached hydrogens (tertiary/aromatic N) is 5. The molecular formula is C11H13N5O. The molecule has 0 aliphatic heterocycles. The van der Waals surface area contributed by atoms with E-state index in [0.717, 1.165) is 0 Å². The number of nitriles is 1. The van der Waals surface area contributed by atoms with Gasteiger partial charge in [0, 0.05) is 26.1 Å². The molecular weight excluding hydrogens is 218 g/mol. The zero-order valence-corrected chi connectivity index (χ0v) is 9.79. The lowest BCUT2D eigenvalue weighted by Gasteiger charge is -2.00. The van der Waals surface area contributed by atoms with Crippen LogP contribution in [0.5, 0.6) is 0 Å². The summed E-state index contributed by atoms with van der Waals surface area (Å²) in [7, 11) is 1.83. The lowest BCUT2D eigenvalue weighted by Crippen LogP contribution is -1.98. The third-order valence-electron chi connectivity index (χ3n) is 2.37. The first-order chi connectivity index (χ1) is 8.19. The number of hydrogen-bond acceptors (Lipinski definition) is 5. The third-order valence-corrected chi connectivity index (χ3v) is 2.37. The molecule has 88 valence electrons. The Balaban J connectivity index is 2.09. The molecule has 1 atom stereocenters. The Kier molecular flexibility index (Phi) is 3.19. The number of rotatable bonds is 4. The third kappa shape index (κ3) is 2.69. The summed E-state index contributed by atoms with van der Waals surface area (Å²) >= 11 is 0. The van der Waals surface area contributed by atoms with Crippen LogP contribution in [0.1, 0.15) is 19.2 Å². The monoisotopic (exact) mass is 231 g/mol. The maximum atomic E-state index is 8.57. The van der Waals surface area contributed by atoms with E-state index < -0.39 is 0 Å². The van der Waals surface area contributed by atoms with E-state index in [2.05, 4.69) is 21.3 Å². The van der Waals surface area contributed by atoms with Crippen LogP contribution in [-0.2, 0) is 13.5 Å². The number of aromatic nitrogens is 4. The molecule has 0 radical (unpaired) electrons. The Labute approximate surface area is 98.9 Å². The molecule has 2 aromatic heterocycles. The van der Waals surface area contributed by atoms with Crippen molar-refractivity contribution in [2.45, 2.75) is 19.8 Å². The van der Waals surface area contributed by atoms with Crippen molar-refractivity contribution in [2.24, 2.45) is 13.0 Å². The number of aryl methyl sites for hydroxylation is 1. The van der Waals surface area contributed by atoms with E-state index in [9.17, 15) is 0 Å². The van der Waals surface area contributed by atoms with Crippen LogP contribution >= 0.6 is 0 Å². The maximum Gasteiger partial charge on any atom is 0.227 e. The van der Waals surface area contributed by atoms with Crippen molar-refractivity contribution in [1.82, 2.24) is 19.9 Å². The van der Waals surface area contributed by atoms with Crippen LogP contribution in [0.15, 0.2) is 16.8 Å². The first-order valence-electron chi connectivity index (χ1n) is 5.38. The molecule has 0 aromatic carbocycles. The van der Waals surface area contributed by atoms with Crippen LogP contribution in [0.3, 0.4) is 0 Å². The Bertz CT molecular complexity index is 536. The Morgan fingerprint density at radius 3 is 3.06 bits per heavy atom. The van der Waals surface area contributed by atoms with Gasteiger partial charge >= 0.3 is 0 Å². The second kappa shape index (κ2) is 4.78. The lowest BCUT2D eigenvalue weighted by molar-refractivity contribution is 0.359. The van der Waals surface area contributed by atoms with Crippen LogP contribution in [0.25, 0.3) is 11.5 Å². The summed E-state index contributed by atoms with van der Waals surface area (Å²) in [6.45, 7) is 1.98. The van der Waals surface area contributed by atoms with Crippen LogP contribution < -0.4 is 0 Å². The normalized spacial score (nSPS) is 12.3. The van der Waals surface area contributed by atoms with Crippen molar-refractivity contribution in [3.8, 4) is 17.6 Å². The Morgan fingerprint density at radius 1 is 1.59 bits per heavy atom. The van der Waals surface area contributed by atoms with Crippen LogP contribution in [-0.4, -0.2) is 19.9 Å². The van der Waals surface area contributed by atoms with E-state index in [1.807, 2.05) is 26.2 Å². The first-order valence-corrected chi connectivity index (χ1v) is 5.38. The predicted octanol–water partition coefficient (Wildman–Crippen LogP) is 1.56. The minimum absolute atomic E-state index is 0.219. The second-order valence-corrected chi connectivity index (χ2v) is 4.06. The molecule has 0 fully saturated rings. The van der Waals surface area contributed by atoms with Gasteiger partial charge in [-0.25, -0.2) is 0 Å². The van der Waals surface area contributed by atoms with Gasteiger partial charge in [-0.15, -0.1) is 0 Å². The van der Waals surface area contributed by atoms with Gasteiger partial charge in [0.05, 0.1) is 6.07 Å². The molecule has 17 heavy (non-hydrogen) atoms. The van der Waals surface area contributed by atoms with Crippen LogP contribution in [0.2, 0.25) is 0 Å². The summed E-state index contributed by atoms with van der Waals surface area (Å²) < 4.78 is 6.81. The largest absolute Gasteiger partial charge is 0.339 e. The van der Waals surface area contributed by atoms with Gasteiger partial charge in [-0.05, 0) is 12.0 Å². The van der Waals surface area contributed by atoms with Crippen molar-refractivity contribution < 1.29 is 4.52 Å². The van der Waals surface area contributed by atoms with E-state index in [1.165, 1.54) is 0 Å². The molecule has 0 saturated heterocycles. The molecule has 0 spiro atoms. The van der Waals surface area contributed by atoms with E-state index in [0.29, 0.717) is 30.3 Å². The van der Waals surface area contributed by atoms with Crippen molar-refractivity contribution in [3.63, 3.8) is 0 Å². The highest BCUT2D eigenvalue weighted by atomic mass is 16.5. The SMILES string of the molecule is CC(CC#N)Cc1nc(-c2ccn(C)n2)no1. The first kappa shape index (κ1) is 11.3. The van der Waals surface area contributed by atoms with Crippen molar-refractivity contribution in [2.75, 3.05) is 0 Å². The molecule has 0 aliphatic rings. The summed E-state index contributed by atoms with van der Waals surface area (Å²) in [4.78, 5) is 4.25. The van der Waals surface area contributed by atoms with Crippen LogP contribution in [0.4, 0.5) is 0 Å². The molecule has 2 rings (SSSR count). The molecule has 0 saturated carbocycles. The molecule has 0 N–H and O–H groups in total. The second-order valence-electron chi connectivity index (χ2n) is 4.06. The maximum absolute atomic E-state index is 8.57. The van der Waals surface area contributed by atoms with Crippen LogP contribution in [0, 0.1) is 17.2 Å². The molecule has 6 heteroatoms. The zero-order chi connectivity index (χ0) is 12.3.